The fourth-order valence-corrected chi connectivity index (χ4v) is 2.69. The quantitative estimate of drug-likeness (QED) is 0.546. The lowest BCUT2D eigenvalue weighted by Gasteiger charge is -2.14. The Morgan fingerprint density at radius 3 is 2.54 bits per heavy atom. The summed E-state index contributed by atoms with van der Waals surface area (Å²) in [6.07, 6.45) is 2.07. The summed E-state index contributed by atoms with van der Waals surface area (Å²) < 4.78 is 5.61. The minimum absolute atomic E-state index is 0.168. The van der Waals surface area contributed by atoms with Gasteiger partial charge in [-0.3, -0.25) is 0 Å². The fourth-order valence-electron chi connectivity index (χ4n) is 1.03. The highest BCUT2D eigenvalue weighted by Gasteiger charge is 2.10. The van der Waals surface area contributed by atoms with Crippen LogP contribution in [0.2, 0.25) is 0 Å². The first-order valence-corrected chi connectivity index (χ1v) is 6.86. The molecular formula is C10H14OS2. The molecule has 1 atom stereocenters. The molecule has 0 spiro atoms. The van der Waals surface area contributed by atoms with Gasteiger partial charge in [0.15, 0.2) is 0 Å². The van der Waals surface area contributed by atoms with Gasteiger partial charge in [0.05, 0.1) is 0 Å². The molecule has 0 N–H and O–H groups in total. The first-order chi connectivity index (χ1) is 6.38. The molecule has 0 amide bonds. The molecule has 0 bridgehead atoms. The lowest BCUT2D eigenvalue weighted by molar-refractivity contribution is 0.127. The summed E-state index contributed by atoms with van der Waals surface area (Å²) in [5.41, 5.74) is 1.41. The fraction of sp³-hybridized carbons (Fsp3) is 0.400. The van der Waals surface area contributed by atoms with Crippen LogP contribution in [-0.2, 0) is 4.74 Å². The number of ether oxygens (including phenoxy) is 1. The second-order valence-electron chi connectivity index (χ2n) is 2.46. The summed E-state index contributed by atoms with van der Waals surface area (Å²) in [7, 11) is 3.48. The SMILES string of the molecule is CCOC(SSC)c1ccccc1. The maximum absolute atomic E-state index is 5.61. The highest BCUT2D eigenvalue weighted by molar-refractivity contribution is 8.76. The molecule has 1 aromatic carbocycles. The van der Waals surface area contributed by atoms with Gasteiger partial charge in [-0.05, 0) is 18.7 Å². The molecule has 0 aliphatic heterocycles. The molecule has 1 unspecified atom stereocenters. The smallest absolute Gasteiger partial charge is 0.138 e. The van der Waals surface area contributed by atoms with E-state index in [9.17, 15) is 0 Å². The van der Waals surface area contributed by atoms with Crippen molar-refractivity contribution in [2.24, 2.45) is 0 Å². The van der Waals surface area contributed by atoms with E-state index in [0.29, 0.717) is 0 Å². The molecule has 0 heterocycles. The van der Waals surface area contributed by atoms with Crippen molar-refractivity contribution in [3.8, 4) is 0 Å². The number of hydrogen-bond donors (Lipinski definition) is 0. The van der Waals surface area contributed by atoms with Crippen LogP contribution in [0.4, 0.5) is 0 Å². The largest absolute Gasteiger partial charge is 0.362 e. The van der Waals surface area contributed by atoms with Crippen molar-refractivity contribution in [2.75, 3.05) is 12.9 Å². The Morgan fingerprint density at radius 2 is 2.00 bits per heavy atom. The number of rotatable bonds is 5. The molecule has 0 aliphatic rings. The summed E-state index contributed by atoms with van der Waals surface area (Å²) in [5, 5.41) is 0. The summed E-state index contributed by atoms with van der Waals surface area (Å²) in [4.78, 5) is 0. The third-order valence-corrected chi connectivity index (χ3v) is 3.45. The van der Waals surface area contributed by atoms with Crippen molar-refractivity contribution in [3.63, 3.8) is 0 Å². The van der Waals surface area contributed by atoms with Gasteiger partial charge in [0.25, 0.3) is 0 Å². The molecule has 0 saturated heterocycles. The molecule has 1 aromatic rings. The van der Waals surface area contributed by atoms with E-state index in [-0.39, 0.29) is 5.44 Å². The van der Waals surface area contributed by atoms with Gasteiger partial charge >= 0.3 is 0 Å². The van der Waals surface area contributed by atoms with Crippen LogP contribution in [0.3, 0.4) is 0 Å². The van der Waals surface area contributed by atoms with Gasteiger partial charge in [-0.25, -0.2) is 0 Å². The Bertz CT molecular complexity index is 220. The molecule has 1 nitrogen and oxygen atoms in total. The molecule has 0 aliphatic carbocycles. The van der Waals surface area contributed by atoms with Gasteiger partial charge in [0.1, 0.15) is 5.44 Å². The summed E-state index contributed by atoms with van der Waals surface area (Å²) in [6.45, 7) is 2.78. The second-order valence-corrected chi connectivity index (χ2v) is 4.99. The van der Waals surface area contributed by atoms with Gasteiger partial charge in [0.2, 0.25) is 0 Å². The first-order valence-electron chi connectivity index (χ1n) is 4.24. The Labute approximate surface area is 87.7 Å². The van der Waals surface area contributed by atoms with E-state index in [1.54, 1.807) is 21.6 Å². The van der Waals surface area contributed by atoms with Crippen LogP contribution >= 0.6 is 21.6 Å². The monoisotopic (exact) mass is 214 g/mol. The zero-order valence-corrected chi connectivity index (χ0v) is 9.53. The summed E-state index contributed by atoms with van der Waals surface area (Å²) in [6, 6.07) is 10.3. The predicted octanol–water partition coefficient (Wildman–Crippen LogP) is 3.73. The van der Waals surface area contributed by atoms with E-state index >= 15 is 0 Å². The third kappa shape index (κ3) is 3.63. The van der Waals surface area contributed by atoms with E-state index in [1.165, 1.54) is 5.56 Å². The highest BCUT2D eigenvalue weighted by Crippen LogP contribution is 2.36. The van der Waals surface area contributed by atoms with E-state index in [0.717, 1.165) is 6.61 Å². The van der Waals surface area contributed by atoms with Crippen molar-refractivity contribution < 1.29 is 4.74 Å². The zero-order chi connectivity index (χ0) is 9.52. The standard InChI is InChI=1S/C10H14OS2/c1-3-11-10(13-12-2)9-7-5-4-6-8-9/h4-8,10H,3H2,1-2H3. The van der Waals surface area contributed by atoms with E-state index in [1.807, 2.05) is 25.1 Å². The van der Waals surface area contributed by atoms with Gasteiger partial charge in [0, 0.05) is 6.61 Å². The minimum Gasteiger partial charge on any atom is -0.362 e. The van der Waals surface area contributed by atoms with Crippen molar-refractivity contribution in [1.82, 2.24) is 0 Å². The molecule has 0 saturated carbocycles. The Hall–Kier alpha value is -0.120. The van der Waals surface area contributed by atoms with Crippen molar-refractivity contribution in [3.05, 3.63) is 35.9 Å². The second kappa shape index (κ2) is 6.35. The first kappa shape index (κ1) is 11.0. The Balaban J connectivity index is 2.64. The van der Waals surface area contributed by atoms with E-state index in [2.05, 4.69) is 18.4 Å². The number of hydrogen-bond acceptors (Lipinski definition) is 3. The Kier molecular flexibility index (Phi) is 5.35. The molecule has 0 fully saturated rings. The highest BCUT2D eigenvalue weighted by atomic mass is 33.1. The molecular weight excluding hydrogens is 200 g/mol. The van der Waals surface area contributed by atoms with E-state index in [4.69, 9.17) is 4.74 Å². The molecule has 13 heavy (non-hydrogen) atoms. The maximum Gasteiger partial charge on any atom is 0.138 e. The molecule has 0 aromatic heterocycles. The van der Waals surface area contributed by atoms with Crippen molar-refractivity contribution in [2.45, 2.75) is 12.4 Å². The Morgan fingerprint density at radius 1 is 1.31 bits per heavy atom. The van der Waals surface area contributed by atoms with Gasteiger partial charge in [-0.1, -0.05) is 51.9 Å². The molecule has 3 heteroatoms. The van der Waals surface area contributed by atoms with E-state index < -0.39 is 0 Å². The van der Waals surface area contributed by atoms with Crippen LogP contribution in [0.15, 0.2) is 30.3 Å². The van der Waals surface area contributed by atoms with Crippen LogP contribution in [-0.4, -0.2) is 12.9 Å². The average Bonchev–Trinajstić information content (AvgIpc) is 2.19. The predicted molar refractivity (Wildman–Crippen MR) is 61.9 cm³/mol. The van der Waals surface area contributed by atoms with Gasteiger partial charge in [-0.2, -0.15) is 0 Å². The van der Waals surface area contributed by atoms with Crippen LogP contribution in [0.25, 0.3) is 0 Å². The normalized spacial score (nSPS) is 12.8. The molecule has 0 radical (unpaired) electrons. The van der Waals surface area contributed by atoms with Crippen LogP contribution in [0, 0.1) is 0 Å². The van der Waals surface area contributed by atoms with Gasteiger partial charge < -0.3 is 4.74 Å². The van der Waals surface area contributed by atoms with Crippen LogP contribution in [0.5, 0.6) is 0 Å². The van der Waals surface area contributed by atoms with Crippen LogP contribution in [0.1, 0.15) is 17.9 Å². The average molecular weight is 214 g/mol. The molecule has 1 rings (SSSR count). The van der Waals surface area contributed by atoms with Gasteiger partial charge in [-0.15, -0.1) is 0 Å². The summed E-state index contributed by atoms with van der Waals surface area (Å²) in [5.74, 6) is 0. The lowest BCUT2D eigenvalue weighted by atomic mass is 10.2. The zero-order valence-electron chi connectivity index (χ0n) is 7.90. The third-order valence-electron chi connectivity index (χ3n) is 1.57. The maximum atomic E-state index is 5.61. The summed E-state index contributed by atoms with van der Waals surface area (Å²) >= 11 is 0. The van der Waals surface area contributed by atoms with Crippen molar-refractivity contribution in [1.29, 1.82) is 0 Å². The topological polar surface area (TPSA) is 9.23 Å². The van der Waals surface area contributed by atoms with Crippen LogP contribution < -0.4 is 0 Å². The van der Waals surface area contributed by atoms with Crippen molar-refractivity contribution >= 4 is 21.6 Å². The lowest BCUT2D eigenvalue weighted by Crippen LogP contribution is -1.98. The number of benzene rings is 1. The molecule has 72 valence electrons. The minimum atomic E-state index is 0.168.